The molecule has 80 valence electrons. The summed E-state index contributed by atoms with van der Waals surface area (Å²) in [4.78, 5) is 0. The van der Waals surface area contributed by atoms with Gasteiger partial charge < -0.3 is 14.2 Å². The van der Waals surface area contributed by atoms with E-state index < -0.39 is 0 Å². The molecule has 0 saturated carbocycles. The lowest BCUT2D eigenvalue weighted by Gasteiger charge is -2.21. The molecule has 13 heavy (non-hydrogen) atoms. The molecule has 0 aliphatic carbocycles. The Hall–Kier alpha value is -0.120. The molecule has 0 aromatic heterocycles. The van der Waals surface area contributed by atoms with Gasteiger partial charge >= 0.3 is 0 Å². The number of hydrogen-bond acceptors (Lipinski definition) is 3. The molecule has 0 rings (SSSR count). The molecule has 0 radical (unpaired) electrons. The number of hydrogen-bond donors (Lipinski definition) is 0. The lowest BCUT2D eigenvalue weighted by molar-refractivity contribution is -0.182. The van der Waals surface area contributed by atoms with E-state index in [1.54, 1.807) is 14.2 Å². The Morgan fingerprint density at radius 2 is 1.77 bits per heavy atom. The Balaban J connectivity index is 3.47. The third-order valence-corrected chi connectivity index (χ3v) is 2.02. The van der Waals surface area contributed by atoms with Gasteiger partial charge in [-0.15, -0.1) is 0 Å². The number of unbranched alkanes of at least 4 members (excludes halogenated alkanes) is 2. The highest BCUT2D eigenvalue weighted by Crippen LogP contribution is 2.05. The quantitative estimate of drug-likeness (QED) is 0.434. The van der Waals surface area contributed by atoms with Gasteiger partial charge in [0, 0.05) is 20.8 Å². The molecule has 0 N–H and O–H groups in total. The highest BCUT2D eigenvalue weighted by atomic mass is 16.7. The molecule has 0 aliphatic heterocycles. The summed E-state index contributed by atoms with van der Waals surface area (Å²) in [5.74, 6) is 0. The molecule has 0 aliphatic rings. The monoisotopic (exact) mass is 190 g/mol. The van der Waals surface area contributed by atoms with E-state index in [0.29, 0.717) is 0 Å². The first-order chi connectivity index (χ1) is 6.26. The lowest BCUT2D eigenvalue weighted by atomic mass is 10.3. The van der Waals surface area contributed by atoms with Crippen molar-refractivity contribution in [2.75, 3.05) is 20.8 Å². The zero-order valence-electron chi connectivity index (χ0n) is 9.21. The van der Waals surface area contributed by atoms with Gasteiger partial charge in [0.15, 0.2) is 6.29 Å². The van der Waals surface area contributed by atoms with E-state index in [-0.39, 0.29) is 12.4 Å². The molecule has 3 heteroatoms. The van der Waals surface area contributed by atoms with Crippen molar-refractivity contribution in [3.63, 3.8) is 0 Å². The summed E-state index contributed by atoms with van der Waals surface area (Å²) < 4.78 is 15.7. The van der Waals surface area contributed by atoms with Crippen molar-refractivity contribution in [1.29, 1.82) is 0 Å². The summed E-state index contributed by atoms with van der Waals surface area (Å²) in [6.07, 6.45) is 3.26. The summed E-state index contributed by atoms with van der Waals surface area (Å²) in [5.41, 5.74) is 0. The maximum Gasteiger partial charge on any atom is 0.183 e. The second-order valence-electron chi connectivity index (χ2n) is 3.12. The van der Waals surface area contributed by atoms with Crippen LogP contribution in [-0.2, 0) is 14.2 Å². The maximum absolute atomic E-state index is 5.50. The first-order valence-corrected chi connectivity index (χ1v) is 4.93. The van der Waals surface area contributed by atoms with Crippen LogP contribution in [0.2, 0.25) is 0 Å². The van der Waals surface area contributed by atoms with Crippen molar-refractivity contribution in [3.05, 3.63) is 0 Å². The summed E-state index contributed by atoms with van der Waals surface area (Å²) in [7, 11) is 3.30. The fraction of sp³-hybridized carbons (Fsp3) is 1.00. The van der Waals surface area contributed by atoms with Crippen LogP contribution in [0.1, 0.15) is 33.1 Å². The Morgan fingerprint density at radius 1 is 1.08 bits per heavy atom. The second-order valence-corrected chi connectivity index (χ2v) is 3.12. The SMILES string of the molecule is CCCCCOC(OC)C(C)OC. The molecular weight excluding hydrogens is 168 g/mol. The Bertz CT molecular complexity index is 106. The molecule has 0 aromatic carbocycles. The van der Waals surface area contributed by atoms with E-state index in [4.69, 9.17) is 14.2 Å². The third-order valence-electron chi connectivity index (χ3n) is 2.02. The molecule has 0 aromatic rings. The summed E-state index contributed by atoms with van der Waals surface area (Å²) >= 11 is 0. The fourth-order valence-electron chi connectivity index (χ4n) is 1.06. The summed E-state index contributed by atoms with van der Waals surface area (Å²) in [5, 5.41) is 0. The van der Waals surface area contributed by atoms with E-state index >= 15 is 0 Å². The van der Waals surface area contributed by atoms with Gasteiger partial charge in [0.05, 0.1) is 0 Å². The minimum absolute atomic E-state index is 0.00775. The van der Waals surface area contributed by atoms with Crippen LogP contribution in [0.5, 0.6) is 0 Å². The Kier molecular flexibility index (Phi) is 8.40. The van der Waals surface area contributed by atoms with Crippen LogP contribution < -0.4 is 0 Å². The highest BCUT2D eigenvalue weighted by Gasteiger charge is 2.15. The van der Waals surface area contributed by atoms with Gasteiger partial charge in [0.25, 0.3) is 0 Å². The van der Waals surface area contributed by atoms with Crippen LogP contribution >= 0.6 is 0 Å². The third kappa shape index (κ3) is 6.02. The number of ether oxygens (including phenoxy) is 3. The average molecular weight is 190 g/mol. The first-order valence-electron chi connectivity index (χ1n) is 4.93. The zero-order valence-corrected chi connectivity index (χ0v) is 9.21. The maximum atomic E-state index is 5.50. The summed E-state index contributed by atoms with van der Waals surface area (Å²) in [6.45, 7) is 4.86. The average Bonchev–Trinajstić information content (AvgIpc) is 2.17. The van der Waals surface area contributed by atoms with Crippen molar-refractivity contribution in [2.45, 2.75) is 45.5 Å². The molecule has 0 saturated heterocycles. The van der Waals surface area contributed by atoms with Crippen LogP contribution in [-0.4, -0.2) is 33.2 Å². The molecule has 0 fully saturated rings. The standard InChI is InChI=1S/C10H22O3/c1-5-6-7-8-13-10(12-4)9(2)11-3/h9-10H,5-8H2,1-4H3. The van der Waals surface area contributed by atoms with Crippen LogP contribution in [0.4, 0.5) is 0 Å². The molecular formula is C10H22O3. The highest BCUT2D eigenvalue weighted by molar-refractivity contribution is 4.54. The minimum Gasteiger partial charge on any atom is -0.376 e. The van der Waals surface area contributed by atoms with E-state index in [1.165, 1.54) is 12.8 Å². The lowest BCUT2D eigenvalue weighted by Crippen LogP contribution is -2.30. The van der Waals surface area contributed by atoms with Gasteiger partial charge in [-0.25, -0.2) is 0 Å². The van der Waals surface area contributed by atoms with Crippen molar-refractivity contribution in [2.24, 2.45) is 0 Å². The molecule has 0 amide bonds. The van der Waals surface area contributed by atoms with Crippen molar-refractivity contribution in [1.82, 2.24) is 0 Å². The predicted octanol–water partition coefficient (Wildman–Crippen LogP) is 2.20. The molecule has 0 heterocycles. The van der Waals surface area contributed by atoms with Gasteiger partial charge in [-0.1, -0.05) is 19.8 Å². The van der Waals surface area contributed by atoms with E-state index in [2.05, 4.69) is 6.92 Å². The van der Waals surface area contributed by atoms with E-state index in [9.17, 15) is 0 Å². The van der Waals surface area contributed by atoms with Gasteiger partial charge in [0.1, 0.15) is 6.10 Å². The molecule has 0 spiro atoms. The van der Waals surface area contributed by atoms with Gasteiger partial charge in [-0.2, -0.15) is 0 Å². The topological polar surface area (TPSA) is 27.7 Å². The minimum atomic E-state index is -0.234. The molecule has 3 nitrogen and oxygen atoms in total. The van der Waals surface area contributed by atoms with Crippen molar-refractivity contribution < 1.29 is 14.2 Å². The van der Waals surface area contributed by atoms with Crippen molar-refractivity contribution in [3.8, 4) is 0 Å². The summed E-state index contributed by atoms with van der Waals surface area (Å²) in [6, 6.07) is 0. The van der Waals surface area contributed by atoms with Crippen LogP contribution in [0.15, 0.2) is 0 Å². The zero-order chi connectivity index (χ0) is 10.1. The van der Waals surface area contributed by atoms with Gasteiger partial charge in [-0.05, 0) is 13.3 Å². The smallest absolute Gasteiger partial charge is 0.183 e. The first kappa shape index (κ1) is 12.9. The number of methoxy groups -OCH3 is 2. The number of rotatable bonds is 8. The van der Waals surface area contributed by atoms with Crippen LogP contribution in [0.25, 0.3) is 0 Å². The Morgan fingerprint density at radius 3 is 2.23 bits per heavy atom. The van der Waals surface area contributed by atoms with E-state index in [1.807, 2.05) is 6.92 Å². The second kappa shape index (κ2) is 8.48. The van der Waals surface area contributed by atoms with Gasteiger partial charge in [0.2, 0.25) is 0 Å². The van der Waals surface area contributed by atoms with E-state index in [0.717, 1.165) is 13.0 Å². The largest absolute Gasteiger partial charge is 0.376 e. The molecule has 0 bridgehead atoms. The van der Waals surface area contributed by atoms with Crippen molar-refractivity contribution >= 4 is 0 Å². The molecule has 2 atom stereocenters. The fourth-order valence-corrected chi connectivity index (χ4v) is 1.06. The van der Waals surface area contributed by atoms with Gasteiger partial charge in [-0.3, -0.25) is 0 Å². The van der Waals surface area contributed by atoms with Crippen LogP contribution in [0, 0.1) is 0 Å². The Labute approximate surface area is 81.4 Å². The normalized spacial score (nSPS) is 15.7. The predicted molar refractivity (Wildman–Crippen MR) is 52.7 cm³/mol. The molecule has 2 unspecified atom stereocenters. The van der Waals surface area contributed by atoms with Crippen LogP contribution in [0.3, 0.4) is 0 Å².